The molecular weight excluding hydrogens is 330 g/mol. The lowest BCUT2D eigenvalue weighted by Crippen LogP contribution is -2.31. The van der Waals surface area contributed by atoms with Gasteiger partial charge in [-0.3, -0.25) is 4.79 Å². The Morgan fingerprint density at radius 2 is 1.83 bits per heavy atom. The van der Waals surface area contributed by atoms with Gasteiger partial charge in [-0.15, -0.1) is 0 Å². The van der Waals surface area contributed by atoms with Crippen LogP contribution in [0, 0.1) is 6.92 Å². The first-order valence-corrected chi connectivity index (χ1v) is 8.66. The van der Waals surface area contributed by atoms with Crippen LogP contribution in [0.2, 0.25) is 0 Å². The van der Waals surface area contributed by atoms with Crippen LogP contribution in [0.4, 0.5) is 0 Å². The summed E-state index contributed by atoms with van der Waals surface area (Å²) in [6, 6.07) is 11.1. The van der Waals surface area contributed by atoms with Gasteiger partial charge in [-0.25, -0.2) is 13.1 Å². The summed E-state index contributed by atoms with van der Waals surface area (Å²) in [5.41, 5.74) is 1.53. The summed E-state index contributed by atoms with van der Waals surface area (Å²) in [5.74, 6) is -0.123. The van der Waals surface area contributed by atoms with Gasteiger partial charge in [-0.2, -0.15) is 0 Å². The molecule has 0 heterocycles. The van der Waals surface area contributed by atoms with Gasteiger partial charge in [0.05, 0.1) is 18.6 Å². The predicted octanol–water partition coefficient (Wildman–Crippen LogP) is 2.27. The van der Waals surface area contributed by atoms with E-state index in [0.717, 1.165) is 0 Å². The third-order valence-corrected chi connectivity index (χ3v) is 4.79. The summed E-state index contributed by atoms with van der Waals surface area (Å²) in [7, 11) is -0.972. The number of methoxy groups -OCH3 is 2. The molecule has 0 aliphatic rings. The third-order valence-electron chi connectivity index (χ3n) is 3.47. The molecule has 0 saturated carbocycles. The number of carbonyl (C=O) groups excluding carboxylic acids is 1. The van der Waals surface area contributed by atoms with Gasteiger partial charge < -0.3 is 9.47 Å². The monoisotopic (exact) mass is 349 g/mol. The largest absolute Gasteiger partial charge is 0.496 e. The summed E-state index contributed by atoms with van der Waals surface area (Å²) >= 11 is 0. The van der Waals surface area contributed by atoms with Crippen molar-refractivity contribution in [3.63, 3.8) is 0 Å². The van der Waals surface area contributed by atoms with E-state index in [-0.39, 0.29) is 17.1 Å². The lowest BCUT2D eigenvalue weighted by Gasteiger charge is -2.11. The number of nitrogens with one attached hydrogen (secondary N) is 1. The molecule has 1 amide bonds. The second-order valence-electron chi connectivity index (χ2n) is 5.16. The highest BCUT2D eigenvalue weighted by molar-refractivity contribution is 7.90. The van der Waals surface area contributed by atoms with Crippen LogP contribution in [0.5, 0.6) is 5.75 Å². The summed E-state index contributed by atoms with van der Waals surface area (Å²) < 4.78 is 37.1. The van der Waals surface area contributed by atoms with Gasteiger partial charge >= 0.3 is 0 Å². The highest BCUT2D eigenvalue weighted by Crippen LogP contribution is 2.21. The first-order chi connectivity index (χ1) is 11.4. The van der Waals surface area contributed by atoms with Gasteiger partial charge in [0.15, 0.2) is 0 Å². The summed E-state index contributed by atoms with van der Waals surface area (Å²) in [5, 5.41) is 0. The smallest absolute Gasteiger partial charge is 0.265 e. The summed E-state index contributed by atoms with van der Waals surface area (Å²) in [6.45, 7) is 1.94. The Bertz CT molecular complexity index is 846. The first-order valence-electron chi connectivity index (χ1n) is 7.17. The van der Waals surface area contributed by atoms with E-state index in [1.165, 1.54) is 26.4 Å². The number of aryl methyl sites for hydroxylation is 1. The van der Waals surface area contributed by atoms with Gasteiger partial charge in [0.25, 0.3) is 15.9 Å². The molecule has 7 heteroatoms. The van der Waals surface area contributed by atoms with E-state index in [1.54, 1.807) is 37.3 Å². The molecule has 1 N–H and O–H groups in total. The molecule has 0 aliphatic heterocycles. The minimum Gasteiger partial charge on any atom is -0.496 e. The zero-order chi connectivity index (χ0) is 17.7. The molecule has 2 aromatic carbocycles. The highest BCUT2D eigenvalue weighted by atomic mass is 32.2. The van der Waals surface area contributed by atoms with Gasteiger partial charge in [-0.05, 0) is 42.3 Å². The predicted molar refractivity (Wildman–Crippen MR) is 89.5 cm³/mol. The Hall–Kier alpha value is -2.38. The zero-order valence-corrected chi connectivity index (χ0v) is 14.5. The summed E-state index contributed by atoms with van der Waals surface area (Å²) in [4.78, 5) is 12.4. The quantitative estimate of drug-likeness (QED) is 0.865. The maximum atomic E-state index is 12.4. The molecule has 0 aliphatic carbocycles. The van der Waals surface area contributed by atoms with E-state index >= 15 is 0 Å². The molecule has 24 heavy (non-hydrogen) atoms. The number of rotatable bonds is 6. The number of sulfonamides is 1. The maximum absolute atomic E-state index is 12.4. The van der Waals surface area contributed by atoms with Crippen molar-refractivity contribution in [2.45, 2.75) is 18.4 Å². The fraction of sp³-hybridized carbons (Fsp3) is 0.235. The van der Waals surface area contributed by atoms with Crippen molar-refractivity contribution in [3.05, 3.63) is 59.2 Å². The second kappa shape index (κ2) is 7.46. The number of hydrogen-bond acceptors (Lipinski definition) is 5. The second-order valence-corrected chi connectivity index (χ2v) is 6.84. The van der Waals surface area contributed by atoms with E-state index in [1.807, 2.05) is 0 Å². The maximum Gasteiger partial charge on any atom is 0.265 e. The Kier molecular flexibility index (Phi) is 5.58. The molecule has 0 radical (unpaired) electrons. The van der Waals surface area contributed by atoms with Gasteiger partial charge in [-0.1, -0.05) is 18.2 Å². The lowest BCUT2D eigenvalue weighted by atomic mass is 10.1. The van der Waals surface area contributed by atoms with Gasteiger partial charge in [0, 0.05) is 12.7 Å². The number of carbonyl (C=O) groups is 1. The molecule has 0 unspecified atom stereocenters. The molecule has 0 bridgehead atoms. The zero-order valence-electron chi connectivity index (χ0n) is 13.7. The van der Waals surface area contributed by atoms with Crippen molar-refractivity contribution < 1.29 is 22.7 Å². The number of benzene rings is 2. The Balaban J connectivity index is 2.29. The van der Waals surface area contributed by atoms with Crippen molar-refractivity contribution in [1.29, 1.82) is 0 Å². The van der Waals surface area contributed by atoms with Crippen LogP contribution in [0.1, 0.15) is 21.5 Å². The van der Waals surface area contributed by atoms with Crippen molar-refractivity contribution in [2.24, 2.45) is 0 Å². The van der Waals surface area contributed by atoms with E-state index in [9.17, 15) is 13.2 Å². The van der Waals surface area contributed by atoms with Crippen molar-refractivity contribution >= 4 is 15.9 Å². The Morgan fingerprint density at radius 3 is 2.46 bits per heavy atom. The molecule has 6 nitrogen and oxygen atoms in total. The van der Waals surface area contributed by atoms with Crippen LogP contribution >= 0.6 is 0 Å². The Morgan fingerprint density at radius 1 is 1.12 bits per heavy atom. The molecule has 2 aromatic rings. The molecular formula is C17H19NO5S. The third kappa shape index (κ3) is 3.93. The number of ether oxygens (including phenoxy) is 2. The van der Waals surface area contributed by atoms with Crippen LogP contribution in [-0.4, -0.2) is 28.5 Å². The molecule has 0 aromatic heterocycles. The fourth-order valence-corrected chi connectivity index (χ4v) is 3.33. The van der Waals surface area contributed by atoms with Crippen molar-refractivity contribution in [3.8, 4) is 5.75 Å². The highest BCUT2D eigenvalue weighted by Gasteiger charge is 2.21. The van der Waals surface area contributed by atoms with Crippen LogP contribution in [0.15, 0.2) is 47.4 Å². The topological polar surface area (TPSA) is 81.7 Å². The minimum atomic E-state index is -3.98. The van der Waals surface area contributed by atoms with E-state index in [0.29, 0.717) is 16.9 Å². The van der Waals surface area contributed by atoms with Crippen LogP contribution in [0.3, 0.4) is 0 Å². The van der Waals surface area contributed by atoms with E-state index in [4.69, 9.17) is 9.47 Å². The molecule has 128 valence electrons. The molecule has 2 rings (SSSR count). The van der Waals surface area contributed by atoms with Gasteiger partial charge in [0.1, 0.15) is 5.75 Å². The van der Waals surface area contributed by atoms with Gasteiger partial charge in [0.2, 0.25) is 0 Å². The first kappa shape index (κ1) is 18.0. The molecule has 0 atom stereocenters. The van der Waals surface area contributed by atoms with E-state index in [2.05, 4.69) is 4.72 Å². The molecule has 0 fully saturated rings. The van der Waals surface area contributed by atoms with Crippen LogP contribution in [0.25, 0.3) is 0 Å². The summed E-state index contributed by atoms with van der Waals surface area (Å²) in [6.07, 6.45) is 0. The fourth-order valence-electron chi connectivity index (χ4n) is 2.28. The van der Waals surface area contributed by atoms with Crippen molar-refractivity contribution in [1.82, 2.24) is 4.72 Å². The Labute approximate surface area is 141 Å². The average Bonchev–Trinajstić information content (AvgIpc) is 2.55. The lowest BCUT2D eigenvalue weighted by molar-refractivity contribution is 0.0976. The van der Waals surface area contributed by atoms with E-state index < -0.39 is 15.9 Å². The van der Waals surface area contributed by atoms with Crippen molar-refractivity contribution in [2.75, 3.05) is 14.2 Å². The normalized spacial score (nSPS) is 11.1. The minimum absolute atomic E-state index is 0.00151. The van der Waals surface area contributed by atoms with Crippen LogP contribution < -0.4 is 9.46 Å². The standard InChI is InChI=1S/C17H19NO5S/c1-12-10-14(8-9-16(12)23-3)24(20,21)18-17(19)15-7-5-4-6-13(15)11-22-2/h4-10H,11H2,1-3H3,(H,18,19). The molecule has 0 saturated heterocycles. The van der Waals surface area contributed by atoms with Crippen LogP contribution in [-0.2, 0) is 21.4 Å². The average molecular weight is 349 g/mol. The number of amides is 1. The molecule has 0 spiro atoms. The SMILES string of the molecule is COCc1ccccc1C(=O)NS(=O)(=O)c1ccc(OC)c(C)c1. The number of hydrogen-bond donors (Lipinski definition) is 1.